The minimum absolute atomic E-state index is 0.0256. The smallest absolute Gasteiger partial charge is 0.193 e. The highest BCUT2D eigenvalue weighted by atomic mass is 16.1. The van der Waals surface area contributed by atoms with Crippen molar-refractivity contribution in [3.8, 4) is 0 Å². The van der Waals surface area contributed by atoms with Gasteiger partial charge in [-0.3, -0.25) is 4.79 Å². The molecule has 0 atom stereocenters. The molecule has 0 bridgehead atoms. The number of hydrogen-bond acceptors (Lipinski definition) is 1. The van der Waals surface area contributed by atoms with Gasteiger partial charge in [0.2, 0.25) is 0 Å². The summed E-state index contributed by atoms with van der Waals surface area (Å²) in [6.07, 6.45) is 2.00. The average Bonchev–Trinajstić information content (AvgIpc) is 2.61. The van der Waals surface area contributed by atoms with Crippen molar-refractivity contribution in [2.24, 2.45) is 0 Å². The van der Waals surface area contributed by atoms with Crippen LogP contribution in [0.5, 0.6) is 0 Å². The Morgan fingerprint density at radius 3 is 1.38 bits per heavy atom. The van der Waals surface area contributed by atoms with E-state index in [4.69, 9.17) is 0 Å². The summed E-state index contributed by atoms with van der Waals surface area (Å²) >= 11 is 0. The van der Waals surface area contributed by atoms with Gasteiger partial charge in [-0.2, -0.15) is 0 Å². The first-order valence-electron chi connectivity index (χ1n) is 9.80. The number of carbonyl (C=O) groups excluding carboxylic acids is 1. The lowest BCUT2D eigenvalue weighted by Crippen LogP contribution is -2.24. The van der Waals surface area contributed by atoms with E-state index in [1.54, 1.807) is 0 Å². The van der Waals surface area contributed by atoms with E-state index < -0.39 is 0 Å². The Morgan fingerprint density at radius 1 is 0.731 bits per heavy atom. The maximum atomic E-state index is 13.6. The number of ketones is 1. The standard InChI is InChI=1S/C25H34O/c1-9-24(5,6)21-15-17(3)11-13-19(21)23(26)20-14-12-18(4)16-22(20)25(7,8)10-2/h11-16H,9-10H2,1-8H3. The SMILES string of the molecule is CCC(C)(C)c1cc(C)ccc1C(=O)c1ccc(C)cc1C(C)(C)CC. The summed E-state index contributed by atoms with van der Waals surface area (Å²) in [5.41, 5.74) is 6.37. The van der Waals surface area contributed by atoms with Crippen molar-refractivity contribution >= 4 is 5.78 Å². The second-order valence-electron chi connectivity index (χ2n) is 8.90. The van der Waals surface area contributed by atoms with Crippen LogP contribution in [0.15, 0.2) is 36.4 Å². The van der Waals surface area contributed by atoms with Crippen LogP contribution in [-0.4, -0.2) is 5.78 Å². The van der Waals surface area contributed by atoms with Crippen molar-refractivity contribution in [3.63, 3.8) is 0 Å². The Morgan fingerprint density at radius 2 is 1.08 bits per heavy atom. The predicted molar refractivity (Wildman–Crippen MR) is 112 cm³/mol. The molecule has 0 aliphatic rings. The fourth-order valence-electron chi connectivity index (χ4n) is 3.36. The van der Waals surface area contributed by atoms with E-state index in [0.29, 0.717) is 0 Å². The Kier molecular flexibility index (Phi) is 5.80. The fraction of sp³-hybridized carbons (Fsp3) is 0.480. The highest BCUT2D eigenvalue weighted by Crippen LogP contribution is 2.35. The number of hydrogen-bond donors (Lipinski definition) is 0. The van der Waals surface area contributed by atoms with Crippen LogP contribution in [0.4, 0.5) is 0 Å². The quantitative estimate of drug-likeness (QED) is 0.517. The Labute approximate surface area is 159 Å². The molecular weight excluding hydrogens is 316 g/mol. The van der Waals surface area contributed by atoms with E-state index in [1.165, 1.54) is 11.1 Å². The van der Waals surface area contributed by atoms with Crippen LogP contribution < -0.4 is 0 Å². The third-order valence-electron chi connectivity index (χ3n) is 6.07. The molecule has 2 rings (SSSR count). The molecule has 140 valence electrons. The molecule has 1 nitrogen and oxygen atoms in total. The largest absolute Gasteiger partial charge is 0.289 e. The van der Waals surface area contributed by atoms with E-state index in [2.05, 4.69) is 79.7 Å². The van der Waals surface area contributed by atoms with E-state index in [1.807, 2.05) is 12.1 Å². The second kappa shape index (κ2) is 7.39. The fourth-order valence-corrected chi connectivity index (χ4v) is 3.36. The summed E-state index contributed by atoms with van der Waals surface area (Å²) in [5, 5.41) is 0. The molecule has 26 heavy (non-hydrogen) atoms. The number of aryl methyl sites for hydroxylation is 2. The second-order valence-corrected chi connectivity index (χ2v) is 8.90. The summed E-state index contributed by atoms with van der Waals surface area (Å²) < 4.78 is 0. The van der Waals surface area contributed by atoms with Crippen molar-refractivity contribution < 1.29 is 4.79 Å². The Balaban J connectivity index is 2.69. The zero-order valence-corrected chi connectivity index (χ0v) is 17.8. The van der Waals surface area contributed by atoms with Crippen LogP contribution in [0, 0.1) is 13.8 Å². The van der Waals surface area contributed by atoms with Crippen LogP contribution in [0.1, 0.15) is 92.6 Å². The first kappa shape index (κ1) is 20.4. The van der Waals surface area contributed by atoms with Gasteiger partial charge >= 0.3 is 0 Å². The highest BCUT2D eigenvalue weighted by molar-refractivity contribution is 6.11. The molecule has 0 radical (unpaired) electrons. The van der Waals surface area contributed by atoms with Crippen LogP contribution in [0.2, 0.25) is 0 Å². The molecule has 0 aliphatic carbocycles. The summed E-state index contributed by atoms with van der Waals surface area (Å²) in [7, 11) is 0. The van der Waals surface area contributed by atoms with Crippen molar-refractivity contribution in [2.75, 3.05) is 0 Å². The molecule has 0 saturated heterocycles. The summed E-state index contributed by atoms with van der Waals surface area (Å²) in [5.74, 6) is 0.151. The van der Waals surface area contributed by atoms with Crippen molar-refractivity contribution in [2.45, 2.75) is 79.1 Å². The van der Waals surface area contributed by atoms with E-state index in [9.17, 15) is 4.79 Å². The summed E-state index contributed by atoms with van der Waals surface area (Å²) in [6.45, 7) is 17.5. The third kappa shape index (κ3) is 3.92. The lowest BCUT2D eigenvalue weighted by molar-refractivity contribution is 0.103. The van der Waals surface area contributed by atoms with Crippen LogP contribution >= 0.6 is 0 Å². The van der Waals surface area contributed by atoms with Gasteiger partial charge in [0.15, 0.2) is 5.78 Å². The molecule has 2 aromatic carbocycles. The molecular formula is C25H34O. The molecule has 0 heterocycles. The lowest BCUT2D eigenvalue weighted by atomic mass is 9.74. The van der Waals surface area contributed by atoms with E-state index in [0.717, 1.165) is 35.1 Å². The van der Waals surface area contributed by atoms with E-state index in [-0.39, 0.29) is 16.6 Å². The van der Waals surface area contributed by atoms with Crippen molar-refractivity contribution in [3.05, 3.63) is 69.8 Å². The Bertz CT molecular complexity index is 741. The van der Waals surface area contributed by atoms with Gasteiger partial charge < -0.3 is 0 Å². The van der Waals surface area contributed by atoms with Gasteiger partial charge in [0, 0.05) is 11.1 Å². The Hall–Kier alpha value is -1.89. The van der Waals surface area contributed by atoms with Gasteiger partial charge in [-0.25, -0.2) is 0 Å². The van der Waals surface area contributed by atoms with Gasteiger partial charge in [-0.1, -0.05) is 89.1 Å². The minimum atomic E-state index is -0.0256. The van der Waals surface area contributed by atoms with Gasteiger partial charge in [0.1, 0.15) is 0 Å². The molecule has 0 spiro atoms. The normalized spacial score (nSPS) is 12.3. The highest BCUT2D eigenvalue weighted by Gasteiger charge is 2.29. The molecule has 1 heteroatoms. The van der Waals surface area contributed by atoms with Crippen LogP contribution in [0.3, 0.4) is 0 Å². The van der Waals surface area contributed by atoms with Gasteiger partial charge in [0.25, 0.3) is 0 Å². The summed E-state index contributed by atoms with van der Waals surface area (Å²) in [4.78, 5) is 13.6. The first-order valence-corrected chi connectivity index (χ1v) is 9.80. The van der Waals surface area contributed by atoms with Crippen molar-refractivity contribution in [1.29, 1.82) is 0 Å². The molecule has 0 aliphatic heterocycles. The first-order chi connectivity index (χ1) is 12.0. The molecule has 0 unspecified atom stereocenters. The van der Waals surface area contributed by atoms with Crippen molar-refractivity contribution in [1.82, 2.24) is 0 Å². The molecule has 0 saturated carbocycles. The third-order valence-corrected chi connectivity index (χ3v) is 6.07. The molecule has 0 aromatic heterocycles. The predicted octanol–water partition coefficient (Wildman–Crippen LogP) is 6.91. The zero-order valence-electron chi connectivity index (χ0n) is 17.8. The van der Waals surface area contributed by atoms with Gasteiger partial charge in [-0.15, -0.1) is 0 Å². The van der Waals surface area contributed by atoms with Gasteiger partial charge in [0.05, 0.1) is 0 Å². The zero-order chi connectivity index (χ0) is 19.7. The molecule has 2 aromatic rings. The molecule has 0 N–H and O–H groups in total. The monoisotopic (exact) mass is 350 g/mol. The summed E-state index contributed by atoms with van der Waals surface area (Å²) in [6, 6.07) is 12.5. The van der Waals surface area contributed by atoms with Crippen LogP contribution in [0.25, 0.3) is 0 Å². The maximum Gasteiger partial charge on any atom is 0.193 e. The number of rotatable bonds is 6. The molecule has 0 amide bonds. The number of benzene rings is 2. The maximum absolute atomic E-state index is 13.6. The van der Waals surface area contributed by atoms with Crippen LogP contribution in [-0.2, 0) is 10.8 Å². The minimum Gasteiger partial charge on any atom is -0.289 e. The lowest BCUT2D eigenvalue weighted by Gasteiger charge is -2.29. The van der Waals surface area contributed by atoms with E-state index >= 15 is 0 Å². The molecule has 0 fully saturated rings. The number of carbonyl (C=O) groups is 1. The topological polar surface area (TPSA) is 17.1 Å². The average molecular weight is 351 g/mol. The van der Waals surface area contributed by atoms with Gasteiger partial charge in [-0.05, 0) is 48.6 Å².